The van der Waals surface area contributed by atoms with Crippen LogP contribution in [0.25, 0.3) is 0 Å². The Morgan fingerprint density at radius 3 is 2.36 bits per heavy atom. The van der Waals surface area contributed by atoms with Gasteiger partial charge in [0.05, 0.1) is 26.5 Å². The molecule has 0 aliphatic rings. The zero-order valence-corrected chi connectivity index (χ0v) is 16.1. The molecule has 0 saturated heterocycles. The van der Waals surface area contributed by atoms with E-state index in [0.29, 0.717) is 12.2 Å². The molecule has 28 heavy (non-hydrogen) atoms. The maximum absolute atomic E-state index is 12.1. The zero-order valence-electron chi connectivity index (χ0n) is 16.1. The number of hydrogen-bond acceptors (Lipinski definition) is 5. The predicted molar refractivity (Wildman–Crippen MR) is 108 cm³/mol. The van der Waals surface area contributed by atoms with Crippen LogP contribution < -0.4 is 20.2 Å². The number of benzene rings is 2. The van der Waals surface area contributed by atoms with E-state index in [1.807, 2.05) is 12.1 Å². The fourth-order valence-electron chi connectivity index (χ4n) is 2.21. The molecule has 7 heteroatoms. The molecule has 7 nitrogen and oxygen atoms in total. The summed E-state index contributed by atoms with van der Waals surface area (Å²) in [6.07, 6.45) is 3.56. The van der Waals surface area contributed by atoms with Crippen molar-refractivity contribution in [3.63, 3.8) is 0 Å². The smallest absolute Gasteiger partial charge is 0.259 e. The maximum atomic E-state index is 12.1. The average Bonchev–Trinajstić information content (AvgIpc) is 2.73. The van der Waals surface area contributed by atoms with Crippen molar-refractivity contribution in [2.45, 2.75) is 19.8 Å². The van der Waals surface area contributed by atoms with Crippen LogP contribution >= 0.6 is 0 Å². The van der Waals surface area contributed by atoms with E-state index in [2.05, 4.69) is 22.8 Å². The van der Waals surface area contributed by atoms with Crippen molar-refractivity contribution in [2.75, 3.05) is 20.3 Å². The Morgan fingerprint density at radius 2 is 1.71 bits per heavy atom. The molecule has 0 aliphatic heterocycles. The highest BCUT2D eigenvalue weighted by Gasteiger charge is 2.08. The molecule has 2 aromatic rings. The lowest BCUT2D eigenvalue weighted by Gasteiger charge is -2.07. The van der Waals surface area contributed by atoms with Gasteiger partial charge in [0.1, 0.15) is 11.5 Å². The Bertz CT molecular complexity index is 786. The maximum Gasteiger partial charge on any atom is 0.259 e. The van der Waals surface area contributed by atoms with Crippen molar-refractivity contribution in [3.8, 4) is 11.5 Å². The minimum atomic E-state index is -0.419. The van der Waals surface area contributed by atoms with Gasteiger partial charge in [-0.2, -0.15) is 5.10 Å². The number of amides is 2. The van der Waals surface area contributed by atoms with Gasteiger partial charge in [-0.05, 0) is 60.5 Å². The second-order valence-electron chi connectivity index (χ2n) is 5.98. The first-order chi connectivity index (χ1) is 13.6. The van der Waals surface area contributed by atoms with Gasteiger partial charge in [0, 0.05) is 5.56 Å². The van der Waals surface area contributed by atoms with E-state index < -0.39 is 5.91 Å². The summed E-state index contributed by atoms with van der Waals surface area (Å²) >= 11 is 0. The van der Waals surface area contributed by atoms with Crippen molar-refractivity contribution >= 4 is 18.0 Å². The van der Waals surface area contributed by atoms with Gasteiger partial charge in [-0.3, -0.25) is 9.59 Å². The second-order valence-corrected chi connectivity index (χ2v) is 5.98. The Balaban J connectivity index is 1.73. The number of rotatable bonds is 10. The molecule has 0 saturated carbocycles. The molecule has 0 aromatic heterocycles. The van der Waals surface area contributed by atoms with E-state index in [-0.39, 0.29) is 12.5 Å². The summed E-state index contributed by atoms with van der Waals surface area (Å²) in [5, 5.41) is 6.41. The molecule has 2 rings (SSSR count). The number of hydrazone groups is 1. The highest BCUT2D eigenvalue weighted by Crippen LogP contribution is 2.12. The van der Waals surface area contributed by atoms with E-state index in [1.165, 1.54) is 6.21 Å². The summed E-state index contributed by atoms with van der Waals surface area (Å²) in [7, 11) is 1.59. The molecule has 0 atom stereocenters. The molecule has 0 heterocycles. The van der Waals surface area contributed by atoms with Gasteiger partial charge in [-0.1, -0.05) is 13.3 Å². The predicted octanol–water partition coefficient (Wildman–Crippen LogP) is 2.75. The van der Waals surface area contributed by atoms with Crippen LogP contribution in [0.3, 0.4) is 0 Å². The molecule has 148 valence electrons. The number of nitrogens with zero attached hydrogens (tertiary/aromatic N) is 1. The highest BCUT2D eigenvalue weighted by atomic mass is 16.5. The van der Waals surface area contributed by atoms with Gasteiger partial charge < -0.3 is 14.8 Å². The molecule has 0 bridgehead atoms. The number of unbranched alkanes of at least 4 members (excludes halogenated alkanes) is 1. The lowest BCUT2D eigenvalue weighted by Crippen LogP contribution is -2.34. The van der Waals surface area contributed by atoms with Crippen molar-refractivity contribution < 1.29 is 19.1 Å². The minimum Gasteiger partial charge on any atom is -0.497 e. The summed E-state index contributed by atoms with van der Waals surface area (Å²) in [4.78, 5) is 23.9. The van der Waals surface area contributed by atoms with Crippen molar-refractivity contribution in [1.29, 1.82) is 0 Å². The van der Waals surface area contributed by atoms with Crippen LogP contribution in [0.5, 0.6) is 11.5 Å². The van der Waals surface area contributed by atoms with E-state index in [9.17, 15) is 9.59 Å². The van der Waals surface area contributed by atoms with Crippen LogP contribution in [0.1, 0.15) is 35.7 Å². The van der Waals surface area contributed by atoms with Crippen LogP contribution in [-0.4, -0.2) is 38.3 Å². The summed E-state index contributed by atoms with van der Waals surface area (Å²) in [5.74, 6) is 0.701. The number of carbonyl (C=O) groups is 2. The first kappa shape index (κ1) is 21.0. The van der Waals surface area contributed by atoms with E-state index >= 15 is 0 Å². The third-order valence-corrected chi connectivity index (χ3v) is 3.81. The Hall–Kier alpha value is -3.35. The SMILES string of the molecule is CCCCOc1ccc(C(=O)NCC(=O)N/N=C/c2ccc(OC)cc2)cc1. The van der Waals surface area contributed by atoms with E-state index in [4.69, 9.17) is 9.47 Å². The molecular weight excluding hydrogens is 358 g/mol. The molecule has 0 radical (unpaired) electrons. The van der Waals surface area contributed by atoms with Gasteiger partial charge >= 0.3 is 0 Å². The average molecular weight is 383 g/mol. The Morgan fingerprint density at radius 1 is 1.04 bits per heavy atom. The largest absolute Gasteiger partial charge is 0.497 e. The summed E-state index contributed by atoms with van der Waals surface area (Å²) in [5.41, 5.74) is 3.64. The molecule has 2 N–H and O–H groups in total. The fourth-order valence-corrected chi connectivity index (χ4v) is 2.21. The van der Waals surface area contributed by atoms with Gasteiger partial charge in [0.15, 0.2) is 0 Å². The summed E-state index contributed by atoms with van der Waals surface area (Å²) in [6.45, 7) is 2.57. The molecule has 0 spiro atoms. The number of carbonyl (C=O) groups excluding carboxylic acids is 2. The molecule has 0 fully saturated rings. The number of ether oxygens (including phenoxy) is 2. The molecule has 2 amide bonds. The van der Waals surface area contributed by atoms with Crippen molar-refractivity contribution in [2.24, 2.45) is 5.10 Å². The van der Waals surface area contributed by atoms with Crippen LogP contribution in [0.2, 0.25) is 0 Å². The number of nitrogens with one attached hydrogen (secondary N) is 2. The van der Waals surface area contributed by atoms with Gasteiger partial charge in [0.2, 0.25) is 0 Å². The Kier molecular flexibility index (Phi) is 8.52. The first-order valence-corrected chi connectivity index (χ1v) is 9.09. The topological polar surface area (TPSA) is 89.0 Å². The van der Waals surface area contributed by atoms with Gasteiger partial charge in [-0.15, -0.1) is 0 Å². The van der Waals surface area contributed by atoms with Crippen molar-refractivity contribution in [3.05, 3.63) is 59.7 Å². The lowest BCUT2D eigenvalue weighted by atomic mass is 10.2. The summed E-state index contributed by atoms with van der Waals surface area (Å²) in [6, 6.07) is 14.0. The molecule has 2 aromatic carbocycles. The van der Waals surface area contributed by atoms with E-state index in [0.717, 1.165) is 29.9 Å². The molecule has 0 unspecified atom stereocenters. The first-order valence-electron chi connectivity index (χ1n) is 9.09. The van der Waals surface area contributed by atoms with Gasteiger partial charge in [-0.25, -0.2) is 5.43 Å². The quantitative estimate of drug-likeness (QED) is 0.375. The van der Waals surface area contributed by atoms with Gasteiger partial charge in [0.25, 0.3) is 11.8 Å². The number of methoxy groups -OCH3 is 1. The number of hydrogen-bond donors (Lipinski definition) is 2. The second kappa shape index (κ2) is 11.4. The summed E-state index contributed by atoms with van der Waals surface area (Å²) < 4.78 is 10.6. The Labute approximate surface area is 164 Å². The standard InChI is InChI=1S/C21H25N3O4/c1-3-4-13-28-19-11-7-17(8-12-19)21(26)22-15-20(25)24-23-14-16-5-9-18(27-2)10-6-16/h5-12,14H,3-4,13,15H2,1-2H3,(H,22,26)(H,24,25)/b23-14+. The zero-order chi connectivity index (χ0) is 20.2. The molecule has 0 aliphatic carbocycles. The fraction of sp³-hybridized carbons (Fsp3) is 0.286. The van der Waals surface area contributed by atoms with E-state index in [1.54, 1.807) is 43.5 Å². The third-order valence-electron chi connectivity index (χ3n) is 3.81. The normalized spacial score (nSPS) is 10.5. The van der Waals surface area contributed by atoms with Crippen LogP contribution in [-0.2, 0) is 4.79 Å². The van der Waals surface area contributed by atoms with Crippen LogP contribution in [0.15, 0.2) is 53.6 Å². The monoisotopic (exact) mass is 383 g/mol. The van der Waals surface area contributed by atoms with Crippen molar-refractivity contribution in [1.82, 2.24) is 10.7 Å². The van der Waals surface area contributed by atoms with Crippen LogP contribution in [0, 0.1) is 0 Å². The van der Waals surface area contributed by atoms with Crippen LogP contribution in [0.4, 0.5) is 0 Å². The molecular formula is C21H25N3O4. The highest BCUT2D eigenvalue weighted by molar-refractivity contribution is 5.96. The lowest BCUT2D eigenvalue weighted by molar-refractivity contribution is -0.120. The minimum absolute atomic E-state index is 0.173. The third kappa shape index (κ3) is 7.11.